The summed E-state index contributed by atoms with van der Waals surface area (Å²) >= 11 is 0. The lowest BCUT2D eigenvalue weighted by atomic mass is 10.2. The molecule has 1 heteroatoms. The molecule has 0 saturated heterocycles. The molecule has 1 saturated carbocycles. The van der Waals surface area contributed by atoms with E-state index >= 15 is 0 Å². The Morgan fingerprint density at radius 1 is 1.38 bits per heavy atom. The fourth-order valence-corrected chi connectivity index (χ4v) is 1.26. The van der Waals surface area contributed by atoms with Gasteiger partial charge < -0.3 is 4.90 Å². The summed E-state index contributed by atoms with van der Waals surface area (Å²) in [5.41, 5.74) is 0.625. The van der Waals surface area contributed by atoms with Crippen LogP contribution in [0, 0.1) is 0 Å². The maximum Gasteiger partial charge on any atom is 0.0202 e. The summed E-state index contributed by atoms with van der Waals surface area (Å²) in [6, 6.07) is 0. The fraction of sp³-hybridized carbons (Fsp3) is 1.00. The SMILES string of the molecule is CCC1(N(C)C)CC1. The molecule has 1 rings (SSSR count). The summed E-state index contributed by atoms with van der Waals surface area (Å²) < 4.78 is 0. The molecule has 1 aliphatic carbocycles. The maximum absolute atomic E-state index is 2.35. The zero-order chi connectivity index (χ0) is 6.20. The molecule has 0 spiro atoms. The van der Waals surface area contributed by atoms with Crippen molar-refractivity contribution < 1.29 is 0 Å². The molecule has 0 aromatic heterocycles. The maximum atomic E-state index is 2.35. The molecule has 0 aliphatic heterocycles. The van der Waals surface area contributed by atoms with Gasteiger partial charge in [0.2, 0.25) is 0 Å². The third kappa shape index (κ3) is 0.752. The molecule has 1 aliphatic rings. The van der Waals surface area contributed by atoms with Gasteiger partial charge >= 0.3 is 0 Å². The molecule has 0 amide bonds. The van der Waals surface area contributed by atoms with Crippen LogP contribution in [0.1, 0.15) is 26.2 Å². The molecule has 8 heavy (non-hydrogen) atoms. The summed E-state index contributed by atoms with van der Waals surface area (Å²) in [4.78, 5) is 2.35. The highest BCUT2D eigenvalue weighted by molar-refractivity contribution is 5.00. The normalized spacial score (nSPS) is 24.0. The van der Waals surface area contributed by atoms with Crippen molar-refractivity contribution in [3.05, 3.63) is 0 Å². The van der Waals surface area contributed by atoms with Crippen LogP contribution in [0.3, 0.4) is 0 Å². The lowest BCUT2D eigenvalue weighted by Gasteiger charge is -2.21. The third-order valence-corrected chi connectivity index (χ3v) is 2.43. The van der Waals surface area contributed by atoms with E-state index in [0.717, 1.165) is 0 Å². The number of hydrogen-bond donors (Lipinski definition) is 0. The lowest BCUT2D eigenvalue weighted by Crippen LogP contribution is -2.28. The Morgan fingerprint density at radius 2 is 1.88 bits per heavy atom. The van der Waals surface area contributed by atoms with Crippen molar-refractivity contribution in [2.75, 3.05) is 14.1 Å². The molecule has 0 heterocycles. The molecule has 0 unspecified atom stereocenters. The topological polar surface area (TPSA) is 3.24 Å². The zero-order valence-corrected chi connectivity index (χ0v) is 6.07. The number of rotatable bonds is 2. The van der Waals surface area contributed by atoms with Crippen molar-refractivity contribution in [2.24, 2.45) is 0 Å². The first-order valence-electron chi connectivity index (χ1n) is 3.39. The van der Waals surface area contributed by atoms with Gasteiger partial charge in [-0.15, -0.1) is 0 Å². The molecule has 0 aromatic rings. The highest BCUT2D eigenvalue weighted by Gasteiger charge is 2.42. The Balaban J connectivity index is 2.41. The Hall–Kier alpha value is -0.0400. The molecule has 0 N–H and O–H groups in total. The molecule has 1 nitrogen and oxygen atoms in total. The van der Waals surface area contributed by atoms with Gasteiger partial charge in [0.1, 0.15) is 0 Å². The van der Waals surface area contributed by atoms with Crippen molar-refractivity contribution >= 4 is 0 Å². The third-order valence-electron chi connectivity index (χ3n) is 2.43. The smallest absolute Gasteiger partial charge is 0.0202 e. The number of nitrogens with zero attached hydrogens (tertiary/aromatic N) is 1. The molecule has 0 aromatic carbocycles. The fourth-order valence-electron chi connectivity index (χ4n) is 1.26. The van der Waals surface area contributed by atoms with E-state index in [4.69, 9.17) is 0 Å². The second-order valence-electron chi connectivity index (χ2n) is 2.97. The summed E-state index contributed by atoms with van der Waals surface area (Å²) in [6.45, 7) is 2.27. The van der Waals surface area contributed by atoms with E-state index in [1.165, 1.54) is 19.3 Å². The second-order valence-corrected chi connectivity index (χ2v) is 2.97. The minimum Gasteiger partial charge on any atom is -0.304 e. The van der Waals surface area contributed by atoms with Crippen LogP contribution in [-0.4, -0.2) is 24.5 Å². The lowest BCUT2D eigenvalue weighted by molar-refractivity contribution is 0.264. The van der Waals surface area contributed by atoms with Crippen LogP contribution < -0.4 is 0 Å². The summed E-state index contributed by atoms with van der Waals surface area (Å²) in [7, 11) is 4.35. The van der Waals surface area contributed by atoms with Gasteiger partial charge in [-0.05, 0) is 33.4 Å². The van der Waals surface area contributed by atoms with Crippen LogP contribution in [0.25, 0.3) is 0 Å². The Kier molecular flexibility index (Phi) is 1.31. The van der Waals surface area contributed by atoms with Gasteiger partial charge in [-0.2, -0.15) is 0 Å². The van der Waals surface area contributed by atoms with Crippen molar-refractivity contribution in [3.63, 3.8) is 0 Å². The largest absolute Gasteiger partial charge is 0.304 e. The van der Waals surface area contributed by atoms with Gasteiger partial charge in [0.25, 0.3) is 0 Å². The highest BCUT2D eigenvalue weighted by Crippen LogP contribution is 2.42. The average Bonchev–Trinajstić information content (AvgIpc) is 2.44. The van der Waals surface area contributed by atoms with Crippen molar-refractivity contribution in [2.45, 2.75) is 31.7 Å². The van der Waals surface area contributed by atoms with E-state index < -0.39 is 0 Å². The predicted octanol–water partition coefficient (Wildman–Crippen LogP) is 1.49. The standard InChI is InChI=1S/C7H15N/c1-4-7(5-6-7)8(2)3/h4-6H2,1-3H3. The molecular weight excluding hydrogens is 98.1 g/mol. The summed E-state index contributed by atoms with van der Waals surface area (Å²) in [6.07, 6.45) is 4.15. The van der Waals surface area contributed by atoms with Gasteiger partial charge in [0.15, 0.2) is 0 Å². The highest BCUT2D eigenvalue weighted by atomic mass is 15.2. The molecule has 0 radical (unpaired) electrons. The number of hydrogen-bond acceptors (Lipinski definition) is 1. The van der Waals surface area contributed by atoms with E-state index in [1.807, 2.05) is 0 Å². The van der Waals surface area contributed by atoms with Crippen LogP contribution >= 0.6 is 0 Å². The Labute approximate surface area is 51.7 Å². The zero-order valence-electron chi connectivity index (χ0n) is 6.07. The molecule has 1 fully saturated rings. The summed E-state index contributed by atoms with van der Waals surface area (Å²) in [5, 5.41) is 0. The molecular formula is C7H15N. The van der Waals surface area contributed by atoms with Crippen LogP contribution in [0.5, 0.6) is 0 Å². The molecule has 48 valence electrons. The predicted molar refractivity (Wildman–Crippen MR) is 35.9 cm³/mol. The quantitative estimate of drug-likeness (QED) is 0.524. The Bertz CT molecular complexity index is 82.4. The first-order valence-corrected chi connectivity index (χ1v) is 3.39. The van der Waals surface area contributed by atoms with Gasteiger partial charge in [-0.1, -0.05) is 6.92 Å². The monoisotopic (exact) mass is 113 g/mol. The first-order chi connectivity index (χ1) is 3.71. The van der Waals surface area contributed by atoms with Crippen molar-refractivity contribution in [3.8, 4) is 0 Å². The van der Waals surface area contributed by atoms with E-state index in [0.29, 0.717) is 5.54 Å². The van der Waals surface area contributed by atoms with E-state index in [-0.39, 0.29) is 0 Å². The molecule has 0 atom stereocenters. The first kappa shape index (κ1) is 6.09. The van der Waals surface area contributed by atoms with E-state index in [2.05, 4.69) is 25.9 Å². The van der Waals surface area contributed by atoms with Gasteiger partial charge in [0, 0.05) is 5.54 Å². The Morgan fingerprint density at radius 3 is 1.88 bits per heavy atom. The minimum atomic E-state index is 0.625. The second kappa shape index (κ2) is 1.73. The van der Waals surface area contributed by atoms with Crippen molar-refractivity contribution in [1.82, 2.24) is 4.90 Å². The van der Waals surface area contributed by atoms with Gasteiger partial charge in [-0.25, -0.2) is 0 Å². The van der Waals surface area contributed by atoms with Crippen molar-refractivity contribution in [1.29, 1.82) is 0 Å². The van der Waals surface area contributed by atoms with Gasteiger partial charge in [0.05, 0.1) is 0 Å². The van der Waals surface area contributed by atoms with Crippen LogP contribution in [-0.2, 0) is 0 Å². The molecule has 0 bridgehead atoms. The minimum absolute atomic E-state index is 0.625. The van der Waals surface area contributed by atoms with Gasteiger partial charge in [-0.3, -0.25) is 0 Å². The van der Waals surface area contributed by atoms with Crippen LogP contribution in [0.4, 0.5) is 0 Å². The van der Waals surface area contributed by atoms with E-state index in [9.17, 15) is 0 Å². The van der Waals surface area contributed by atoms with Crippen LogP contribution in [0.2, 0.25) is 0 Å². The summed E-state index contributed by atoms with van der Waals surface area (Å²) in [5.74, 6) is 0. The average molecular weight is 113 g/mol. The van der Waals surface area contributed by atoms with E-state index in [1.54, 1.807) is 0 Å². The van der Waals surface area contributed by atoms with Crippen LogP contribution in [0.15, 0.2) is 0 Å².